The summed E-state index contributed by atoms with van der Waals surface area (Å²) in [5.41, 5.74) is 0.863. The van der Waals surface area contributed by atoms with Gasteiger partial charge in [0.1, 0.15) is 0 Å². The fraction of sp³-hybridized carbons (Fsp3) is 0.227. The standard InChI is InChI=1S/C22H20F3N/c1-21(2,22(23,24)25)14-16-8-10-17(11-9-16)19-12-13-20(26-15-19)18-6-4-3-5-7-18/h3-13,15H,14H2,1-2H3/i14D2. The van der Waals surface area contributed by atoms with Gasteiger partial charge in [0.2, 0.25) is 0 Å². The third-order valence-electron chi connectivity index (χ3n) is 4.22. The molecule has 0 fully saturated rings. The predicted molar refractivity (Wildman–Crippen MR) is 98.6 cm³/mol. The highest BCUT2D eigenvalue weighted by Gasteiger charge is 2.46. The smallest absolute Gasteiger partial charge is 0.256 e. The van der Waals surface area contributed by atoms with Crippen molar-refractivity contribution >= 4 is 0 Å². The molecule has 3 rings (SSSR count). The minimum atomic E-state index is -4.66. The van der Waals surface area contributed by atoms with Crippen LogP contribution in [0.2, 0.25) is 0 Å². The van der Waals surface area contributed by atoms with E-state index in [4.69, 9.17) is 2.74 Å². The SMILES string of the molecule is [2H]C([2H])(c1ccc(-c2ccc(-c3ccccc3)nc2)cc1)C(C)(C)C(F)(F)F. The zero-order valence-corrected chi connectivity index (χ0v) is 14.5. The van der Waals surface area contributed by atoms with Gasteiger partial charge in [0.15, 0.2) is 0 Å². The number of rotatable bonds is 4. The van der Waals surface area contributed by atoms with E-state index in [0.717, 1.165) is 36.2 Å². The molecule has 0 saturated carbocycles. The lowest BCUT2D eigenvalue weighted by atomic mass is 9.85. The molecule has 1 nitrogen and oxygen atoms in total. The van der Waals surface area contributed by atoms with E-state index in [1.165, 1.54) is 12.1 Å². The quantitative estimate of drug-likeness (QED) is 0.516. The largest absolute Gasteiger partial charge is 0.394 e. The molecule has 2 aromatic carbocycles. The molecule has 0 unspecified atom stereocenters. The summed E-state index contributed by atoms with van der Waals surface area (Å²) in [5, 5.41) is 0. The van der Waals surface area contributed by atoms with E-state index < -0.39 is 18.0 Å². The molecule has 0 spiro atoms. The molecule has 26 heavy (non-hydrogen) atoms. The van der Waals surface area contributed by atoms with Crippen LogP contribution >= 0.6 is 0 Å². The lowest BCUT2D eigenvalue weighted by molar-refractivity contribution is -0.211. The monoisotopic (exact) mass is 357 g/mol. The van der Waals surface area contributed by atoms with Crippen molar-refractivity contribution in [2.45, 2.75) is 26.4 Å². The lowest BCUT2D eigenvalue weighted by Crippen LogP contribution is -2.34. The van der Waals surface area contributed by atoms with E-state index in [9.17, 15) is 13.2 Å². The Hall–Kier alpha value is -2.62. The Bertz CT molecular complexity index is 932. The van der Waals surface area contributed by atoms with Crippen LogP contribution in [0.3, 0.4) is 0 Å². The van der Waals surface area contributed by atoms with Gasteiger partial charge < -0.3 is 0 Å². The number of alkyl halides is 3. The van der Waals surface area contributed by atoms with Crippen LogP contribution in [-0.4, -0.2) is 11.2 Å². The van der Waals surface area contributed by atoms with Gasteiger partial charge in [0.05, 0.1) is 11.1 Å². The van der Waals surface area contributed by atoms with Crippen LogP contribution in [-0.2, 0) is 6.37 Å². The van der Waals surface area contributed by atoms with Crippen LogP contribution in [0.1, 0.15) is 22.2 Å². The molecule has 134 valence electrons. The van der Waals surface area contributed by atoms with E-state index in [1.54, 1.807) is 18.3 Å². The van der Waals surface area contributed by atoms with Crippen LogP contribution in [0.5, 0.6) is 0 Å². The minimum Gasteiger partial charge on any atom is -0.256 e. The van der Waals surface area contributed by atoms with Gasteiger partial charge in [-0.2, -0.15) is 13.2 Å². The number of hydrogen-bond donors (Lipinski definition) is 0. The number of hydrogen-bond acceptors (Lipinski definition) is 1. The van der Waals surface area contributed by atoms with Crippen LogP contribution in [0.4, 0.5) is 13.2 Å². The first-order chi connectivity index (χ1) is 13.0. The molecule has 1 heterocycles. The van der Waals surface area contributed by atoms with Crippen molar-refractivity contribution in [2.24, 2.45) is 5.41 Å². The molecule has 0 saturated heterocycles. The summed E-state index contributed by atoms with van der Waals surface area (Å²) in [6.45, 7) is 1.76. The number of nitrogens with zero attached hydrogens (tertiary/aromatic N) is 1. The average Bonchev–Trinajstić information content (AvgIpc) is 2.68. The van der Waals surface area contributed by atoms with Gasteiger partial charge in [-0.1, -0.05) is 74.5 Å². The molecule has 0 aliphatic heterocycles. The van der Waals surface area contributed by atoms with E-state index in [-0.39, 0.29) is 5.56 Å². The summed E-state index contributed by atoms with van der Waals surface area (Å²) in [6.07, 6.45) is -5.52. The Morgan fingerprint density at radius 1 is 0.808 bits per heavy atom. The Kier molecular flexibility index (Phi) is 4.17. The van der Waals surface area contributed by atoms with Crippen LogP contribution < -0.4 is 0 Å². The van der Waals surface area contributed by atoms with E-state index in [1.807, 2.05) is 42.5 Å². The van der Waals surface area contributed by atoms with Crippen LogP contribution in [0, 0.1) is 5.41 Å². The second-order valence-electron chi connectivity index (χ2n) is 6.62. The molecule has 0 N–H and O–H groups in total. The van der Waals surface area contributed by atoms with Gasteiger partial charge in [0, 0.05) is 20.1 Å². The molecule has 0 amide bonds. The minimum absolute atomic E-state index is 0.00700. The third-order valence-corrected chi connectivity index (χ3v) is 4.22. The fourth-order valence-corrected chi connectivity index (χ4v) is 2.52. The summed E-state index contributed by atoms with van der Waals surface area (Å²) >= 11 is 0. The first-order valence-electron chi connectivity index (χ1n) is 9.23. The van der Waals surface area contributed by atoms with Crippen molar-refractivity contribution in [3.63, 3.8) is 0 Å². The number of aromatic nitrogens is 1. The number of benzene rings is 2. The molecule has 4 heteroatoms. The van der Waals surface area contributed by atoms with Crippen molar-refractivity contribution in [3.05, 3.63) is 78.5 Å². The van der Waals surface area contributed by atoms with Gasteiger partial charge in [-0.15, -0.1) is 0 Å². The van der Waals surface area contributed by atoms with Gasteiger partial charge in [-0.3, -0.25) is 4.98 Å². The molecular formula is C22H20F3N. The van der Waals surface area contributed by atoms with E-state index in [0.29, 0.717) is 0 Å². The summed E-state index contributed by atoms with van der Waals surface area (Å²) in [7, 11) is 0. The molecule has 3 aromatic rings. The highest BCUT2D eigenvalue weighted by atomic mass is 19.4. The van der Waals surface area contributed by atoms with Crippen LogP contribution in [0.15, 0.2) is 72.9 Å². The van der Waals surface area contributed by atoms with Gasteiger partial charge >= 0.3 is 6.18 Å². The van der Waals surface area contributed by atoms with Crippen molar-refractivity contribution in [1.29, 1.82) is 0 Å². The highest BCUT2D eigenvalue weighted by Crippen LogP contribution is 2.40. The molecular weight excluding hydrogens is 335 g/mol. The Balaban J connectivity index is 1.87. The maximum atomic E-state index is 13.3. The summed E-state index contributed by atoms with van der Waals surface area (Å²) in [6, 6.07) is 19.5. The summed E-state index contributed by atoms with van der Waals surface area (Å²) in [4.78, 5) is 4.45. The number of halogens is 3. The first-order valence-corrected chi connectivity index (χ1v) is 8.23. The zero-order chi connectivity index (χ0) is 20.6. The van der Waals surface area contributed by atoms with Crippen LogP contribution in [0.25, 0.3) is 22.4 Å². The summed E-state index contributed by atoms with van der Waals surface area (Å²) in [5.74, 6) is 0. The second-order valence-corrected chi connectivity index (χ2v) is 6.62. The maximum absolute atomic E-state index is 13.3. The van der Waals surface area contributed by atoms with E-state index >= 15 is 0 Å². The second kappa shape index (κ2) is 6.94. The van der Waals surface area contributed by atoms with Gasteiger partial charge in [-0.25, -0.2) is 0 Å². The summed E-state index contributed by atoms with van der Waals surface area (Å²) < 4.78 is 56.0. The molecule has 0 radical (unpaired) electrons. The average molecular weight is 357 g/mol. The van der Waals surface area contributed by atoms with Gasteiger partial charge in [-0.05, 0) is 23.6 Å². The molecule has 0 aliphatic rings. The maximum Gasteiger partial charge on any atom is 0.394 e. The fourth-order valence-electron chi connectivity index (χ4n) is 2.52. The van der Waals surface area contributed by atoms with E-state index in [2.05, 4.69) is 4.98 Å². The molecule has 0 atom stereocenters. The lowest BCUT2D eigenvalue weighted by Gasteiger charge is -2.27. The Morgan fingerprint density at radius 2 is 1.42 bits per heavy atom. The van der Waals surface area contributed by atoms with Crippen molar-refractivity contribution in [1.82, 2.24) is 4.98 Å². The number of pyridine rings is 1. The zero-order valence-electron chi connectivity index (χ0n) is 16.5. The van der Waals surface area contributed by atoms with Crippen molar-refractivity contribution in [2.75, 3.05) is 0 Å². The Labute approximate surface area is 154 Å². The molecule has 0 aliphatic carbocycles. The molecule has 0 bridgehead atoms. The first kappa shape index (κ1) is 15.6. The third kappa shape index (κ3) is 3.96. The normalized spacial score (nSPS) is 13.9. The topological polar surface area (TPSA) is 12.9 Å². The predicted octanol–water partition coefficient (Wildman–Crippen LogP) is 6.55. The van der Waals surface area contributed by atoms with Crippen molar-refractivity contribution < 1.29 is 15.9 Å². The van der Waals surface area contributed by atoms with Crippen molar-refractivity contribution in [3.8, 4) is 22.4 Å². The Morgan fingerprint density at radius 3 is 1.96 bits per heavy atom. The molecule has 1 aromatic heterocycles. The highest BCUT2D eigenvalue weighted by molar-refractivity contribution is 5.66. The van der Waals surface area contributed by atoms with Gasteiger partial charge in [0.25, 0.3) is 0 Å².